The van der Waals surface area contributed by atoms with Gasteiger partial charge in [0, 0.05) is 19.5 Å². The number of aryl methyl sites for hydroxylation is 1. The Hall–Kier alpha value is -3.26. The predicted octanol–water partition coefficient (Wildman–Crippen LogP) is 3.16. The van der Waals surface area contributed by atoms with Crippen molar-refractivity contribution in [2.24, 2.45) is 0 Å². The molecule has 0 aromatic heterocycles. The monoisotopic (exact) mass is 376 g/mol. The van der Waals surface area contributed by atoms with Crippen LogP contribution in [-0.4, -0.2) is 35.9 Å². The quantitative estimate of drug-likeness (QED) is 0.728. The van der Waals surface area contributed by atoms with Crippen molar-refractivity contribution in [2.75, 3.05) is 18.0 Å². The van der Waals surface area contributed by atoms with Crippen LogP contribution in [0, 0.1) is 19.3 Å². The lowest BCUT2D eigenvalue weighted by molar-refractivity contribution is -0.131. The number of hydrogen-bond donors (Lipinski definition) is 0. The predicted molar refractivity (Wildman–Crippen MR) is 109 cm³/mol. The molecule has 0 saturated carbocycles. The summed E-state index contributed by atoms with van der Waals surface area (Å²) in [5, 5.41) is 0. The summed E-state index contributed by atoms with van der Waals surface area (Å²) in [5.41, 5.74) is 2.88. The number of hydrogen-bond acceptors (Lipinski definition) is 3. The van der Waals surface area contributed by atoms with Gasteiger partial charge in [0.15, 0.2) is 6.10 Å². The molecule has 2 aromatic rings. The van der Waals surface area contributed by atoms with E-state index in [2.05, 4.69) is 5.92 Å². The van der Waals surface area contributed by atoms with Gasteiger partial charge in [-0.1, -0.05) is 47.9 Å². The second kappa shape index (κ2) is 8.62. The number of anilines is 1. The van der Waals surface area contributed by atoms with Gasteiger partial charge in [-0.25, -0.2) is 0 Å². The number of nitrogens with zero attached hydrogens (tertiary/aromatic N) is 2. The highest BCUT2D eigenvalue weighted by atomic mass is 16.5. The van der Waals surface area contributed by atoms with E-state index in [0.717, 1.165) is 11.1 Å². The molecule has 1 aliphatic heterocycles. The molecule has 0 N–H and O–H groups in total. The van der Waals surface area contributed by atoms with E-state index >= 15 is 0 Å². The Kier molecular flexibility index (Phi) is 6.00. The van der Waals surface area contributed by atoms with Crippen LogP contribution in [0.3, 0.4) is 0 Å². The number of carbonyl (C=O) groups excluding carboxylic acids is 2. The van der Waals surface area contributed by atoms with Crippen LogP contribution in [0.1, 0.15) is 24.5 Å². The van der Waals surface area contributed by atoms with E-state index in [1.54, 1.807) is 16.7 Å². The van der Waals surface area contributed by atoms with Gasteiger partial charge in [0.2, 0.25) is 5.91 Å². The van der Waals surface area contributed by atoms with Crippen LogP contribution in [-0.2, 0) is 16.1 Å². The van der Waals surface area contributed by atoms with Gasteiger partial charge in [0.25, 0.3) is 5.91 Å². The van der Waals surface area contributed by atoms with Gasteiger partial charge in [-0.15, -0.1) is 6.42 Å². The lowest BCUT2D eigenvalue weighted by Gasteiger charge is -2.33. The molecule has 5 nitrogen and oxygen atoms in total. The summed E-state index contributed by atoms with van der Waals surface area (Å²) in [6, 6.07) is 15.4. The first-order chi connectivity index (χ1) is 13.5. The van der Waals surface area contributed by atoms with Crippen molar-refractivity contribution in [3.05, 3.63) is 59.7 Å². The Balaban J connectivity index is 1.69. The average Bonchev–Trinajstić information content (AvgIpc) is 2.69. The highest BCUT2D eigenvalue weighted by Crippen LogP contribution is 2.33. The zero-order valence-corrected chi connectivity index (χ0v) is 16.2. The van der Waals surface area contributed by atoms with Crippen molar-refractivity contribution in [1.82, 2.24) is 4.90 Å². The standard InChI is InChI=1S/C23H24N2O3/c1-4-14-24(16-19-11-9-17(2)10-12-19)22(26)13-15-25-20-7-5-6-8-21(20)28-18(3)23(25)27/h1,5-12,18H,13-16H2,2-3H3. The molecule has 2 aromatic carbocycles. The Morgan fingerprint density at radius 2 is 1.93 bits per heavy atom. The normalized spacial score (nSPS) is 15.4. The summed E-state index contributed by atoms with van der Waals surface area (Å²) in [7, 11) is 0. The Labute approximate surface area is 165 Å². The van der Waals surface area contributed by atoms with E-state index in [-0.39, 0.29) is 31.3 Å². The second-order valence-corrected chi connectivity index (χ2v) is 6.91. The Morgan fingerprint density at radius 1 is 1.21 bits per heavy atom. The summed E-state index contributed by atoms with van der Waals surface area (Å²) in [5.74, 6) is 2.98. The second-order valence-electron chi connectivity index (χ2n) is 6.91. The minimum atomic E-state index is -0.570. The number of fused-ring (bicyclic) bond motifs is 1. The summed E-state index contributed by atoms with van der Waals surface area (Å²) in [6.45, 7) is 4.71. The molecule has 2 amide bonds. The third-order valence-corrected chi connectivity index (χ3v) is 4.75. The third-order valence-electron chi connectivity index (χ3n) is 4.75. The van der Waals surface area contributed by atoms with E-state index in [0.29, 0.717) is 18.0 Å². The molecule has 0 spiro atoms. The van der Waals surface area contributed by atoms with Crippen LogP contribution in [0.25, 0.3) is 0 Å². The number of carbonyl (C=O) groups is 2. The zero-order valence-electron chi connectivity index (χ0n) is 16.2. The molecule has 0 saturated heterocycles. The molecule has 1 heterocycles. The molecular weight excluding hydrogens is 352 g/mol. The summed E-state index contributed by atoms with van der Waals surface area (Å²) < 4.78 is 5.64. The maximum atomic E-state index is 12.8. The van der Waals surface area contributed by atoms with E-state index in [4.69, 9.17) is 11.2 Å². The lowest BCUT2D eigenvalue weighted by Crippen LogP contribution is -2.46. The summed E-state index contributed by atoms with van der Waals surface area (Å²) in [4.78, 5) is 28.6. The summed E-state index contributed by atoms with van der Waals surface area (Å²) in [6.07, 6.45) is 5.09. The third kappa shape index (κ3) is 4.34. The minimum absolute atomic E-state index is 0.0806. The number of ether oxygens (including phenoxy) is 1. The fraction of sp³-hybridized carbons (Fsp3) is 0.304. The molecule has 0 fully saturated rings. The molecule has 1 aliphatic rings. The highest BCUT2D eigenvalue weighted by molar-refractivity contribution is 6.00. The van der Waals surface area contributed by atoms with Crippen molar-refractivity contribution >= 4 is 17.5 Å². The molecule has 0 bridgehead atoms. The van der Waals surface area contributed by atoms with Gasteiger partial charge in [-0.2, -0.15) is 0 Å². The maximum Gasteiger partial charge on any atom is 0.267 e. The molecule has 1 unspecified atom stereocenters. The zero-order chi connectivity index (χ0) is 20.1. The molecule has 144 valence electrons. The van der Waals surface area contributed by atoms with Crippen molar-refractivity contribution in [3.8, 4) is 18.1 Å². The highest BCUT2D eigenvalue weighted by Gasteiger charge is 2.31. The first-order valence-electron chi connectivity index (χ1n) is 9.33. The maximum absolute atomic E-state index is 12.8. The van der Waals surface area contributed by atoms with E-state index in [1.165, 1.54) is 0 Å². The van der Waals surface area contributed by atoms with Gasteiger partial charge in [-0.3, -0.25) is 9.59 Å². The lowest BCUT2D eigenvalue weighted by atomic mass is 10.1. The van der Waals surface area contributed by atoms with E-state index < -0.39 is 6.10 Å². The number of para-hydroxylation sites is 2. The van der Waals surface area contributed by atoms with Crippen molar-refractivity contribution < 1.29 is 14.3 Å². The van der Waals surface area contributed by atoms with Crippen molar-refractivity contribution in [3.63, 3.8) is 0 Å². The van der Waals surface area contributed by atoms with Crippen molar-refractivity contribution in [1.29, 1.82) is 0 Å². The van der Waals surface area contributed by atoms with Gasteiger partial charge in [-0.05, 0) is 31.5 Å². The summed E-state index contributed by atoms with van der Waals surface area (Å²) >= 11 is 0. The molecule has 5 heteroatoms. The number of benzene rings is 2. The minimum Gasteiger partial charge on any atom is -0.479 e. The van der Waals surface area contributed by atoms with Gasteiger partial charge < -0.3 is 14.5 Å². The van der Waals surface area contributed by atoms with Crippen LogP contribution in [0.5, 0.6) is 5.75 Å². The van der Waals surface area contributed by atoms with E-state index in [9.17, 15) is 9.59 Å². The molecule has 0 aliphatic carbocycles. The van der Waals surface area contributed by atoms with Gasteiger partial charge in [0.05, 0.1) is 12.2 Å². The largest absolute Gasteiger partial charge is 0.479 e. The fourth-order valence-electron chi connectivity index (χ4n) is 3.21. The van der Waals surface area contributed by atoms with Crippen LogP contribution >= 0.6 is 0 Å². The topological polar surface area (TPSA) is 49.9 Å². The van der Waals surface area contributed by atoms with Crippen LogP contribution < -0.4 is 9.64 Å². The van der Waals surface area contributed by atoms with Gasteiger partial charge >= 0.3 is 0 Å². The fourth-order valence-corrected chi connectivity index (χ4v) is 3.21. The van der Waals surface area contributed by atoms with Crippen molar-refractivity contribution in [2.45, 2.75) is 32.9 Å². The Bertz CT molecular complexity index is 899. The first-order valence-corrected chi connectivity index (χ1v) is 9.33. The SMILES string of the molecule is C#CCN(Cc1ccc(C)cc1)C(=O)CCN1C(=O)C(C)Oc2ccccc21. The average molecular weight is 376 g/mol. The molecule has 1 atom stereocenters. The van der Waals surface area contributed by atoms with E-state index in [1.807, 2.05) is 55.5 Å². The van der Waals surface area contributed by atoms with Crippen LogP contribution in [0.15, 0.2) is 48.5 Å². The number of amides is 2. The Morgan fingerprint density at radius 3 is 2.64 bits per heavy atom. The first kappa shape index (κ1) is 19.5. The number of terminal acetylenes is 1. The van der Waals surface area contributed by atoms with Crippen LogP contribution in [0.4, 0.5) is 5.69 Å². The molecular formula is C23H24N2O3. The molecule has 28 heavy (non-hydrogen) atoms. The molecule has 3 rings (SSSR count). The smallest absolute Gasteiger partial charge is 0.267 e. The molecule has 0 radical (unpaired) electrons. The van der Waals surface area contributed by atoms with Gasteiger partial charge in [0.1, 0.15) is 5.75 Å². The number of rotatable bonds is 6. The van der Waals surface area contributed by atoms with Crippen LogP contribution in [0.2, 0.25) is 0 Å².